The highest BCUT2D eigenvalue weighted by Gasteiger charge is 2.17. The van der Waals surface area contributed by atoms with E-state index in [9.17, 15) is 4.79 Å². The predicted molar refractivity (Wildman–Crippen MR) is 66.0 cm³/mol. The standard InChI is InChI=1S/C12H23N3O2/c16-12(15-11-2-1-5-13-9-11)14-8-10-3-6-17-7-4-10/h10-11,13H,1-9H2,(H2,14,15,16). The fraction of sp³-hybridized carbons (Fsp3) is 0.917. The summed E-state index contributed by atoms with van der Waals surface area (Å²) in [4.78, 5) is 11.7. The summed E-state index contributed by atoms with van der Waals surface area (Å²) < 4.78 is 5.29. The second-order valence-electron chi connectivity index (χ2n) is 4.95. The number of amides is 2. The Kier molecular flexibility index (Phi) is 5.07. The van der Waals surface area contributed by atoms with Gasteiger partial charge in [0.2, 0.25) is 0 Å². The molecule has 0 radical (unpaired) electrons. The minimum Gasteiger partial charge on any atom is -0.381 e. The molecule has 1 atom stereocenters. The maximum Gasteiger partial charge on any atom is 0.315 e. The van der Waals surface area contributed by atoms with Gasteiger partial charge < -0.3 is 20.7 Å². The maximum absolute atomic E-state index is 11.7. The zero-order valence-corrected chi connectivity index (χ0v) is 10.3. The molecular weight excluding hydrogens is 218 g/mol. The molecule has 2 heterocycles. The Hall–Kier alpha value is -0.810. The molecule has 0 aliphatic carbocycles. The fourth-order valence-corrected chi connectivity index (χ4v) is 2.40. The Morgan fingerprint density at radius 1 is 1.29 bits per heavy atom. The second-order valence-corrected chi connectivity index (χ2v) is 4.95. The molecule has 0 saturated carbocycles. The normalized spacial score (nSPS) is 26.5. The summed E-state index contributed by atoms with van der Waals surface area (Å²) >= 11 is 0. The summed E-state index contributed by atoms with van der Waals surface area (Å²) in [5, 5.41) is 9.27. The van der Waals surface area contributed by atoms with Crippen LogP contribution in [-0.2, 0) is 4.74 Å². The van der Waals surface area contributed by atoms with E-state index in [1.807, 2.05) is 0 Å². The van der Waals surface area contributed by atoms with Gasteiger partial charge in [0, 0.05) is 32.3 Å². The Labute approximate surface area is 103 Å². The van der Waals surface area contributed by atoms with Gasteiger partial charge in [-0.2, -0.15) is 0 Å². The summed E-state index contributed by atoms with van der Waals surface area (Å²) in [7, 11) is 0. The highest BCUT2D eigenvalue weighted by Crippen LogP contribution is 2.13. The molecule has 2 aliphatic rings. The van der Waals surface area contributed by atoms with Crippen molar-refractivity contribution in [2.75, 3.05) is 32.8 Å². The van der Waals surface area contributed by atoms with Gasteiger partial charge >= 0.3 is 6.03 Å². The van der Waals surface area contributed by atoms with Crippen LogP contribution in [0, 0.1) is 5.92 Å². The first-order valence-electron chi connectivity index (χ1n) is 6.67. The van der Waals surface area contributed by atoms with Crippen LogP contribution in [0.2, 0.25) is 0 Å². The highest BCUT2D eigenvalue weighted by atomic mass is 16.5. The summed E-state index contributed by atoms with van der Waals surface area (Å²) in [5.74, 6) is 0.582. The number of hydrogen-bond acceptors (Lipinski definition) is 3. The molecule has 2 aliphatic heterocycles. The van der Waals surface area contributed by atoms with Gasteiger partial charge in [0.1, 0.15) is 0 Å². The Morgan fingerprint density at radius 3 is 2.82 bits per heavy atom. The lowest BCUT2D eigenvalue weighted by molar-refractivity contribution is 0.0669. The van der Waals surface area contributed by atoms with Gasteiger partial charge in [0.15, 0.2) is 0 Å². The number of piperidine rings is 1. The zero-order chi connectivity index (χ0) is 11.9. The van der Waals surface area contributed by atoms with Crippen LogP contribution in [0.15, 0.2) is 0 Å². The zero-order valence-electron chi connectivity index (χ0n) is 10.3. The molecule has 0 aromatic rings. The van der Waals surface area contributed by atoms with E-state index >= 15 is 0 Å². The van der Waals surface area contributed by atoms with E-state index in [4.69, 9.17) is 4.74 Å². The van der Waals surface area contributed by atoms with Crippen LogP contribution in [0.5, 0.6) is 0 Å². The van der Waals surface area contributed by atoms with Gasteiger partial charge in [-0.1, -0.05) is 0 Å². The molecule has 3 N–H and O–H groups in total. The lowest BCUT2D eigenvalue weighted by atomic mass is 10.0. The number of carbonyl (C=O) groups is 1. The van der Waals surface area contributed by atoms with Gasteiger partial charge in [0.25, 0.3) is 0 Å². The van der Waals surface area contributed by atoms with Crippen molar-refractivity contribution < 1.29 is 9.53 Å². The second kappa shape index (κ2) is 6.81. The first-order valence-corrected chi connectivity index (χ1v) is 6.67. The van der Waals surface area contributed by atoms with E-state index < -0.39 is 0 Å². The molecule has 5 nitrogen and oxygen atoms in total. The van der Waals surface area contributed by atoms with Crippen molar-refractivity contribution in [1.29, 1.82) is 0 Å². The average molecular weight is 241 g/mol. The molecule has 2 saturated heterocycles. The number of ether oxygens (including phenoxy) is 1. The number of carbonyl (C=O) groups excluding carboxylic acids is 1. The third-order valence-electron chi connectivity index (χ3n) is 3.52. The summed E-state index contributed by atoms with van der Waals surface area (Å²) in [6, 6.07) is 0.267. The summed E-state index contributed by atoms with van der Waals surface area (Å²) in [5.41, 5.74) is 0. The van der Waals surface area contributed by atoms with Crippen LogP contribution in [0.4, 0.5) is 4.79 Å². The number of hydrogen-bond donors (Lipinski definition) is 3. The van der Waals surface area contributed by atoms with Crippen LogP contribution in [0.3, 0.4) is 0 Å². The summed E-state index contributed by atoms with van der Waals surface area (Å²) in [6.07, 6.45) is 4.35. The Bertz CT molecular complexity index is 236. The van der Waals surface area contributed by atoms with Gasteiger partial charge in [-0.25, -0.2) is 4.79 Å². The minimum atomic E-state index is -0.0230. The maximum atomic E-state index is 11.7. The number of rotatable bonds is 3. The molecule has 1 unspecified atom stereocenters. The van der Waals surface area contributed by atoms with Crippen molar-refractivity contribution in [2.45, 2.75) is 31.7 Å². The van der Waals surface area contributed by atoms with Crippen molar-refractivity contribution in [3.05, 3.63) is 0 Å². The molecule has 98 valence electrons. The third kappa shape index (κ3) is 4.52. The van der Waals surface area contributed by atoms with E-state index in [0.717, 1.165) is 58.5 Å². The molecule has 0 spiro atoms. The van der Waals surface area contributed by atoms with Crippen molar-refractivity contribution in [1.82, 2.24) is 16.0 Å². The van der Waals surface area contributed by atoms with Crippen LogP contribution in [0.1, 0.15) is 25.7 Å². The first kappa shape index (κ1) is 12.6. The largest absolute Gasteiger partial charge is 0.381 e. The van der Waals surface area contributed by atoms with Gasteiger partial charge in [-0.3, -0.25) is 0 Å². The smallest absolute Gasteiger partial charge is 0.315 e. The lowest BCUT2D eigenvalue weighted by Crippen LogP contribution is -2.49. The van der Waals surface area contributed by atoms with Crippen LogP contribution >= 0.6 is 0 Å². The topological polar surface area (TPSA) is 62.4 Å². The van der Waals surface area contributed by atoms with Crippen molar-refractivity contribution in [3.63, 3.8) is 0 Å². The average Bonchev–Trinajstić information content (AvgIpc) is 2.39. The predicted octanol–water partition coefficient (Wildman–Crippen LogP) is 0.464. The molecule has 17 heavy (non-hydrogen) atoms. The summed E-state index contributed by atoms with van der Waals surface area (Å²) in [6.45, 7) is 4.41. The van der Waals surface area contributed by atoms with Crippen LogP contribution in [0.25, 0.3) is 0 Å². The van der Waals surface area contributed by atoms with E-state index in [0.29, 0.717) is 12.0 Å². The SMILES string of the molecule is O=C(NCC1CCOCC1)NC1CCCNC1. The molecule has 0 aromatic carbocycles. The fourth-order valence-electron chi connectivity index (χ4n) is 2.40. The first-order chi connectivity index (χ1) is 8.34. The third-order valence-corrected chi connectivity index (χ3v) is 3.52. The van der Waals surface area contributed by atoms with E-state index in [1.54, 1.807) is 0 Å². The molecular formula is C12H23N3O2. The minimum absolute atomic E-state index is 0.0230. The molecule has 5 heteroatoms. The van der Waals surface area contributed by atoms with E-state index in [-0.39, 0.29) is 6.03 Å². The van der Waals surface area contributed by atoms with E-state index in [2.05, 4.69) is 16.0 Å². The molecule has 2 amide bonds. The molecule has 2 rings (SSSR count). The highest BCUT2D eigenvalue weighted by molar-refractivity contribution is 5.74. The Morgan fingerprint density at radius 2 is 2.12 bits per heavy atom. The molecule has 0 bridgehead atoms. The van der Waals surface area contributed by atoms with Gasteiger partial charge in [-0.05, 0) is 38.1 Å². The van der Waals surface area contributed by atoms with Crippen molar-refractivity contribution in [2.24, 2.45) is 5.92 Å². The van der Waals surface area contributed by atoms with E-state index in [1.165, 1.54) is 0 Å². The van der Waals surface area contributed by atoms with Gasteiger partial charge in [0.05, 0.1) is 0 Å². The lowest BCUT2D eigenvalue weighted by Gasteiger charge is -2.25. The van der Waals surface area contributed by atoms with Crippen LogP contribution in [-0.4, -0.2) is 44.9 Å². The molecule has 2 fully saturated rings. The Balaban J connectivity index is 1.59. The van der Waals surface area contributed by atoms with Crippen molar-refractivity contribution >= 4 is 6.03 Å². The molecule has 0 aromatic heterocycles. The van der Waals surface area contributed by atoms with Crippen molar-refractivity contribution in [3.8, 4) is 0 Å². The number of urea groups is 1. The number of nitrogens with one attached hydrogen (secondary N) is 3. The van der Waals surface area contributed by atoms with Gasteiger partial charge in [-0.15, -0.1) is 0 Å². The monoisotopic (exact) mass is 241 g/mol. The van der Waals surface area contributed by atoms with Crippen LogP contribution < -0.4 is 16.0 Å². The quantitative estimate of drug-likeness (QED) is 0.673.